The highest BCUT2D eigenvalue weighted by atomic mass is 32.1. The first-order valence-corrected chi connectivity index (χ1v) is 7.46. The molecule has 0 bridgehead atoms. The second-order valence-corrected chi connectivity index (χ2v) is 5.76. The molecule has 4 rings (SSSR count). The zero-order valence-corrected chi connectivity index (χ0v) is 11.6. The van der Waals surface area contributed by atoms with Crippen molar-refractivity contribution in [2.24, 2.45) is 0 Å². The van der Waals surface area contributed by atoms with Crippen molar-refractivity contribution in [2.45, 2.75) is 12.5 Å². The van der Waals surface area contributed by atoms with Crippen LogP contribution in [0.3, 0.4) is 0 Å². The number of benzene rings is 1. The van der Waals surface area contributed by atoms with E-state index in [1.165, 1.54) is 11.1 Å². The van der Waals surface area contributed by atoms with Crippen molar-refractivity contribution < 1.29 is 4.52 Å². The molecule has 3 aromatic rings. The van der Waals surface area contributed by atoms with Crippen molar-refractivity contribution in [2.75, 3.05) is 6.54 Å². The maximum absolute atomic E-state index is 5.49. The van der Waals surface area contributed by atoms with E-state index in [-0.39, 0.29) is 5.92 Å². The van der Waals surface area contributed by atoms with Gasteiger partial charge in [0.1, 0.15) is 0 Å². The third kappa shape index (κ3) is 1.95. The first-order valence-electron chi connectivity index (χ1n) is 6.58. The van der Waals surface area contributed by atoms with Crippen molar-refractivity contribution in [3.05, 3.63) is 58.8 Å². The molecule has 1 aliphatic heterocycles. The van der Waals surface area contributed by atoms with E-state index in [9.17, 15) is 0 Å². The molecule has 4 nitrogen and oxygen atoms in total. The van der Waals surface area contributed by atoms with Gasteiger partial charge in [-0.05, 0) is 22.6 Å². The van der Waals surface area contributed by atoms with Crippen LogP contribution in [0.25, 0.3) is 10.7 Å². The topological polar surface area (TPSA) is 51.0 Å². The summed E-state index contributed by atoms with van der Waals surface area (Å²) in [5.74, 6) is 1.51. The van der Waals surface area contributed by atoms with Crippen LogP contribution in [0, 0.1) is 0 Å². The van der Waals surface area contributed by atoms with Gasteiger partial charge < -0.3 is 9.84 Å². The molecule has 1 aromatic carbocycles. The highest BCUT2D eigenvalue weighted by molar-refractivity contribution is 7.13. The average molecular weight is 283 g/mol. The standard InChI is InChI=1S/C15H13N3OS/c1-2-5-11-10(4-1)8-16-9-12(11)15-17-14(18-19-15)13-6-3-7-20-13/h1-7,12,16H,8-9H2. The molecule has 1 aliphatic rings. The molecule has 1 atom stereocenters. The summed E-state index contributed by atoms with van der Waals surface area (Å²) < 4.78 is 5.49. The Morgan fingerprint density at radius 3 is 3.05 bits per heavy atom. The fourth-order valence-corrected chi connectivity index (χ4v) is 3.25. The summed E-state index contributed by atoms with van der Waals surface area (Å²) in [4.78, 5) is 5.61. The van der Waals surface area contributed by atoms with E-state index in [1.807, 2.05) is 17.5 Å². The number of hydrogen-bond acceptors (Lipinski definition) is 5. The predicted molar refractivity (Wildman–Crippen MR) is 77.6 cm³/mol. The quantitative estimate of drug-likeness (QED) is 0.785. The van der Waals surface area contributed by atoms with Gasteiger partial charge in [-0.15, -0.1) is 11.3 Å². The lowest BCUT2D eigenvalue weighted by molar-refractivity contribution is 0.356. The van der Waals surface area contributed by atoms with Crippen LogP contribution in [-0.4, -0.2) is 16.7 Å². The summed E-state index contributed by atoms with van der Waals surface area (Å²) in [6.45, 7) is 1.74. The van der Waals surface area contributed by atoms with Gasteiger partial charge in [0.25, 0.3) is 0 Å². The predicted octanol–water partition coefficient (Wildman–Crippen LogP) is 3.03. The molecule has 5 heteroatoms. The van der Waals surface area contributed by atoms with E-state index in [2.05, 4.69) is 39.7 Å². The van der Waals surface area contributed by atoms with Gasteiger partial charge in [-0.3, -0.25) is 0 Å². The van der Waals surface area contributed by atoms with Gasteiger partial charge in [-0.25, -0.2) is 0 Å². The minimum Gasteiger partial charge on any atom is -0.338 e. The largest absolute Gasteiger partial charge is 0.338 e. The monoisotopic (exact) mass is 283 g/mol. The Balaban J connectivity index is 1.72. The summed E-state index contributed by atoms with van der Waals surface area (Å²) in [5.41, 5.74) is 2.59. The maximum Gasteiger partial charge on any atom is 0.235 e. The third-order valence-corrected chi connectivity index (χ3v) is 4.44. The van der Waals surface area contributed by atoms with Crippen LogP contribution in [0.4, 0.5) is 0 Å². The molecule has 1 unspecified atom stereocenters. The summed E-state index contributed by atoms with van der Waals surface area (Å²) >= 11 is 1.62. The molecule has 0 amide bonds. The fraction of sp³-hybridized carbons (Fsp3) is 0.200. The van der Waals surface area contributed by atoms with Crippen LogP contribution >= 0.6 is 11.3 Å². The van der Waals surface area contributed by atoms with Crippen molar-refractivity contribution in [3.8, 4) is 10.7 Å². The molecule has 0 fully saturated rings. The van der Waals surface area contributed by atoms with Crippen molar-refractivity contribution in [1.29, 1.82) is 0 Å². The van der Waals surface area contributed by atoms with Gasteiger partial charge in [0.2, 0.25) is 11.7 Å². The number of hydrogen-bond donors (Lipinski definition) is 1. The van der Waals surface area contributed by atoms with E-state index in [1.54, 1.807) is 11.3 Å². The minimum absolute atomic E-state index is 0.140. The summed E-state index contributed by atoms with van der Waals surface area (Å²) in [6.07, 6.45) is 0. The van der Waals surface area contributed by atoms with E-state index in [0.29, 0.717) is 11.7 Å². The smallest absolute Gasteiger partial charge is 0.235 e. The zero-order chi connectivity index (χ0) is 13.4. The van der Waals surface area contributed by atoms with Gasteiger partial charge in [-0.1, -0.05) is 35.5 Å². The lowest BCUT2D eigenvalue weighted by Crippen LogP contribution is -2.28. The summed E-state index contributed by atoms with van der Waals surface area (Å²) in [6, 6.07) is 12.4. The highest BCUT2D eigenvalue weighted by Crippen LogP contribution is 2.30. The van der Waals surface area contributed by atoms with Crippen LogP contribution in [-0.2, 0) is 6.54 Å². The number of rotatable bonds is 2. The van der Waals surface area contributed by atoms with Crippen LogP contribution in [0.2, 0.25) is 0 Å². The first-order chi connectivity index (χ1) is 9.92. The van der Waals surface area contributed by atoms with Crippen molar-refractivity contribution >= 4 is 11.3 Å². The van der Waals surface area contributed by atoms with Crippen LogP contribution in [0.5, 0.6) is 0 Å². The van der Waals surface area contributed by atoms with Crippen LogP contribution in [0.15, 0.2) is 46.3 Å². The number of fused-ring (bicyclic) bond motifs is 1. The molecule has 0 spiro atoms. The molecule has 0 saturated heterocycles. The molecule has 0 radical (unpaired) electrons. The second-order valence-electron chi connectivity index (χ2n) is 4.82. The Hall–Kier alpha value is -1.98. The minimum atomic E-state index is 0.140. The fourth-order valence-electron chi connectivity index (χ4n) is 2.60. The first kappa shape index (κ1) is 11.8. The molecular formula is C15H13N3OS. The van der Waals surface area contributed by atoms with Gasteiger partial charge in [-0.2, -0.15) is 4.98 Å². The number of thiophene rings is 1. The third-order valence-electron chi connectivity index (χ3n) is 3.58. The van der Waals surface area contributed by atoms with Gasteiger partial charge in [0.05, 0.1) is 10.8 Å². The average Bonchev–Trinajstić information content (AvgIpc) is 3.17. The molecular weight excluding hydrogens is 270 g/mol. The Morgan fingerprint density at radius 1 is 1.20 bits per heavy atom. The van der Waals surface area contributed by atoms with Crippen molar-refractivity contribution in [1.82, 2.24) is 15.5 Å². The maximum atomic E-state index is 5.49. The van der Waals surface area contributed by atoms with Crippen LogP contribution < -0.4 is 5.32 Å². The van der Waals surface area contributed by atoms with E-state index < -0.39 is 0 Å². The lowest BCUT2D eigenvalue weighted by Gasteiger charge is -2.23. The van der Waals surface area contributed by atoms with E-state index >= 15 is 0 Å². The highest BCUT2D eigenvalue weighted by Gasteiger charge is 2.26. The molecule has 0 aliphatic carbocycles. The van der Waals surface area contributed by atoms with Crippen LogP contribution in [0.1, 0.15) is 22.9 Å². The SMILES string of the molecule is c1csc(-c2noc(C3CNCc4ccccc43)n2)c1. The molecule has 20 heavy (non-hydrogen) atoms. The summed E-state index contributed by atoms with van der Waals surface area (Å²) in [7, 11) is 0. The molecule has 2 aromatic heterocycles. The number of nitrogens with one attached hydrogen (secondary N) is 1. The molecule has 0 saturated carbocycles. The van der Waals surface area contributed by atoms with E-state index in [4.69, 9.17) is 4.52 Å². The number of nitrogens with zero attached hydrogens (tertiary/aromatic N) is 2. The lowest BCUT2D eigenvalue weighted by atomic mass is 9.91. The summed E-state index contributed by atoms with van der Waals surface area (Å²) in [5, 5.41) is 9.53. The zero-order valence-electron chi connectivity index (χ0n) is 10.7. The molecule has 3 heterocycles. The Morgan fingerprint density at radius 2 is 2.15 bits per heavy atom. The normalized spacial score (nSPS) is 17.9. The van der Waals surface area contributed by atoms with Gasteiger partial charge in [0, 0.05) is 13.1 Å². The Kier molecular flexibility index (Phi) is 2.86. The molecule has 100 valence electrons. The Bertz CT molecular complexity index is 720. The Labute approximate surface area is 120 Å². The van der Waals surface area contributed by atoms with Gasteiger partial charge in [0.15, 0.2) is 0 Å². The molecule has 1 N–H and O–H groups in total. The van der Waals surface area contributed by atoms with Gasteiger partial charge >= 0.3 is 0 Å². The van der Waals surface area contributed by atoms with E-state index in [0.717, 1.165) is 18.0 Å². The number of aromatic nitrogens is 2. The van der Waals surface area contributed by atoms with Crippen molar-refractivity contribution in [3.63, 3.8) is 0 Å². The second kappa shape index (κ2) is 4.85.